The maximum Gasteiger partial charge on any atom is 0.343 e. The zero-order valence-corrected chi connectivity index (χ0v) is 41.7. The molecule has 2 heterocycles. The smallest absolute Gasteiger partial charge is 0.343 e. The molecule has 0 saturated heterocycles. The van der Waals surface area contributed by atoms with Gasteiger partial charge in [-0.15, -0.1) is 0 Å². The van der Waals surface area contributed by atoms with Gasteiger partial charge in [0.15, 0.2) is 23.1 Å². The van der Waals surface area contributed by atoms with Crippen molar-refractivity contribution in [3.63, 3.8) is 0 Å². The molecule has 2 N–H and O–H groups in total. The molecule has 2 aliphatic rings. The van der Waals surface area contributed by atoms with Crippen molar-refractivity contribution in [2.75, 3.05) is 0 Å². The molecule has 13 nitrogen and oxygen atoms in total. The first-order valence-corrected chi connectivity index (χ1v) is 25.1. The highest BCUT2D eigenvalue weighted by molar-refractivity contribution is 6.10. The van der Waals surface area contributed by atoms with Crippen LogP contribution in [-0.4, -0.2) is 33.7 Å². The molecule has 0 aromatic heterocycles. The highest BCUT2D eigenvalue weighted by atomic mass is 16.6. The van der Waals surface area contributed by atoms with Crippen LogP contribution in [0.5, 0.6) is 51.7 Å². The van der Waals surface area contributed by atoms with Crippen LogP contribution in [-0.2, 0) is 19.8 Å². The Kier molecular flexibility index (Phi) is 14.4. The fourth-order valence-corrected chi connectivity index (χ4v) is 9.46. The third-order valence-corrected chi connectivity index (χ3v) is 13.3. The number of aromatic hydroxyl groups is 2. The Bertz CT molecular complexity index is 3650. The first kappa shape index (κ1) is 50.0. The number of rotatable bonds is 16. The van der Waals surface area contributed by atoms with E-state index < -0.39 is 53.1 Å². The highest BCUT2D eigenvalue weighted by Gasteiger charge is 2.47. The second kappa shape index (κ2) is 22.4. The molecule has 0 amide bonds. The van der Waals surface area contributed by atoms with Crippen molar-refractivity contribution in [2.45, 2.75) is 44.4 Å². The maximum atomic E-state index is 15.7. The molecule has 3 atom stereocenters. The van der Waals surface area contributed by atoms with Crippen LogP contribution in [0.4, 0.5) is 0 Å². The number of ether oxygens (including phenoxy) is 7. The van der Waals surface area contributed by atoms with E-state index in [0.717, 1.165) is 22.8 Å². The van der Waals surface area contributed by atoms with Crippen LogP contribution >= 0.6 is 0 Å². The van der Waals surface area contributed by atoms with Crippen molar-refractivity contribution >= 4 is 23.5 Å². The monoisotopic (exact) mass is 1040 g/mol. The van der Waals surface area contributed by atoms with Gasteiger partial charge in [-0.05, 0) is 76.3 Å². The molecule has 0 unspecified atom stereocenters. The molecule has 0 radical (unpaired) electrons. The lowest BCUT2D eigenvalue weighted by Crippen LogP contribution is -2.32. The summed E-state index contributed by atoms with van der Waals surface area (Å²) in [5, 5.41) is 23.7. The number of benzene rings is 9. The number of fused-ring (bicyclic) bond motifs is 2. The second-order valence-electron chi connectivity index (χ2n) is 18.6. The normalized spacial score (nSPS) is 15.4. The summed E-state index contributed by atoms with van der Waals surface area (Å²) in [5.41, 5.74) is 3.63. The van der Waals surface area contributed by atoms with E-state index >= 15 is 4.79 Å². The van der Waals surface area contributed by atoms with Crippen LogP contribution < -0.4 is 33.2 Å². The van der Waals surface area contributed by atoms with Crippen molar-refractivity contribution in [1.29, 1.82) is 0 Å². The molecular formula is C65H48O13. The number of Topliss-reactive ketones (excluding diaryl/α,β-unsaturated/α-hetero) is 2. The molecule has 0 fully saturated rings. The van der Waals surface area contributed by atoms with E-state index in [1.54, 1.807) is 103 Å². The number of phenols is 2. The standard InChI is InChI=1S/C65H48O13/c66-49-33-48(75-64(70)44-22-12-4-13-23-44)34-56-58(49)61(69)60(62(77-56)43-26-29-47(30-27-43)72-37-40-16-6-1-7-17-40)59-55(74-39-42-20-10-3-11-21-42)36-51(68)57-50(67)35-53(76-63(57)59)46-28-31-52(78-65(71)45-24-14-5-15-25-45)54(32-46)73-38-41-18-8-2-9-19-41/h1-34,36,53,60,62,66,68H,35,37-39H2/t53-,60-,62+/m0/s1. The van der Waals surface area contributed by atoms with Crippen LogP contribution in [0.2, 0.25) is 0 Å². The van der Waals surface area contributed by atoms with Gasteiger partial charge in [-0.2, -0.15) is 0 Å². The van der Waals surface area contributed by atoms with E-state index in [0.29, 0.717) is 22.4 Å². The summed E-state index contributed by atoms with van der Waals surface area (Å²) >= 11 is 0. The third-order valence-electron chi connectivity index (χ3n) is 13.3. The van der Waals surface area contributed by atoms with E-state index in [2.05, 4.69) is 0 Å². The van der Waals surface area contributed by atoms with Crippen LogP contribution in [0.15, 0.2) is 212 Å². The molecule has 2 aliphatic heterocycles. The number of esters is 2. The van der Waals surface area contributed by atoms with Gasteiger partial charge in [-0.1, -0.05) is 146 Å². The third kappa shape index (κ3) is 10.8. The van der Waals surface area contributed by atoms with E-state index in [4.69, 9.17) is 33.2 Å². The predicted molar refractivity (Wildman–Crippen MR) is 287 cm³/mol. The summed E-state index contributed by atoms with van der Waals surface area (Å²) in [7, 11) is 0. The Hall–Kier alpha value is -10.1. The van der Waals surface area contributed by atoms with Crippen molar-refractivity contribution in [3.8, 4) is 51.7 Å². The van der Waals surface area contributed by atoms with E-state index in [9.17, 15) is 24.6 Å². The molecule has 11 rings (SSSR count). The van der Waals surface area contributed by atoms with Gasteiger partial charge in [0.2, 0.25) is 0 Å². The Morgan fingerprint density at radius 2 is 0.987 bits per heavy atom. The van der Waals surface area contributed by atoms with Gasteiger partial charge in [0.05, 0.1) is 29.0 Å². The van der Waals surface area contributed by atoms with Gasteiger partial charge in [0, 0.05) is 18.2 Å². The first-order chi connectivity index (χ1) is 38.1. The minimum Gasteiger partial charge on any atom is -0.507 e. The molecule has 9 aromatic rings. The Morgan fingerprint density at radius 3 is 1.58 bits per heavy atom. The minimum atomic E-state index is -1.44. The van der Waals surface area contributed by atoms with Gasteiger partial charge in [0.25, 0.3) is 0 Å². The van der Waals surface area contributed by atoms with Crippen molar-refractivity contribution in [2.24, 2.45) is 0 Å². The van der Waals surface area contributed by atoms with Crippen LogP contribution in [0.1, 0.15) is 99.4 Å². The van der Waals surface area contributed by atoms with Crippen LogP contribution in [0.25, 0.3) is 0 Å². The number of hydrogen-bond donors (Lipinski definition) is 2. The van der Waals surface area contributed by atoms with Crippen LogP contribution in [0, 0.1) is 0 Å². The fourth-order valence-electron chi connectivity index (χ4n) is 9.46. The number of ketones is 2. The molecule has 78 heavy (non-hydrogen) atoms. The lowest BCUT2D eigenvalue weighted by molar-refractivity contribution is 0.0712. The summed E-state index contributed by atoms with van der Waals surface area (Å²) in [5.74, 6) is -4.48. The predicted octanol–water partition coefficient (Wildman–Crippen LogP) is 13.1. The molecule has 386 valence electrons. The highest BCUT2D eigenvalue weighted by Crippen LogP contribution is 2.56. The number of carbonyl (C=O) groups excluding carboxylic acids is 4. The SMILES string of the molecule is O=C(Oc1cc(O)c2c(c1)O[C@H](c1ccc(OCc3ccccc3)cc1)[C@@H](c1c(OCc3ccccc3)cc(O)c3c1O[C@H](c1ccc(OC(=O)c4ccccc4)c(OCc4ccccc4)c1)CC3=O)C2=O)c1ccccc1. The number of phenolic OH excluding ortho intramolecular Hbond substituents is 2. The lowest BCUT2D eigenvalue weighted by atomic mass is 9.78. The topological polar surface area (TPSA) is 173 Å². The number of hydrogen-bond acceptors (Lipinski definition) is 13. The summed E-state index contributed by atoms with van der Waals surface area (Å²) in [6, 6.07) is 60.7. The van der Waals surface area contributed by atoms with Gasteiger partial charge in [-0.3, -0.25) is 9.59 Å². The van der Waals surface area contributed by atoms with E-state index in [1.165, 1.54) is 12.1 Å². The quantitative estimate of drug-likeness (QED) is 0.0692. The fraction of sp³-hybridized carbons (Fsp3) is 0.108. The second-order valence-corrected chi connectivity index (χ2v) is 18.6. The average Bonchev–Trinajstić information content (AvgIpc) is 3.60. The molecular weight excluding hydrogens is 989 g/mol. The molecule has 13 heteroatoms. The summed E-state index contributed by atoms with van der Waals surface area (Å²) in [4.78, 5) is 57.1. The zero-order valence-electron chi connectivity index (χ0n) is 41.7. The summed E-state index contributed by atoms with van der Waals surface area (Å²) in [6.07, 6.45) is -2.56. The zero-order chi connectivity index (χ0) is 53.5. The maximum absolute atomic E-state index is 15.7. The molecule has 0 spiro atoms. The molecule has 0 aliphatic carbocycles. The Labute approximate surface area is 448 Å². The lowest BCUT2D eigenvalue weighted by Gasteiger charge is -2.37. The molecule has 0 bridgehead atoms. The van der Waals surface area contributed by atoms with Crippen molar-refractivity contribution in [3.05, 3.63) is 268 Å². The van der Waals surface area contributed by atoms with Crippen molar-refractivity contribution < 1.29 is 62.5 Å². The molecule has 0 saturated carbocycles. The summed E-state index contributed by atoms with van der Waals surface area (Å²) in [6.45, 7) is 0.353. The first-order valence-electron chi connectivity index (χ1n) is 25.1. The number of carbonyl (C=O) groups is 4. The minimum absolute atomic E-state index is 0.00951. The van der Waals surface area contributed by atoms with E-state index in [-0.39, 0.29) is 83.0 Å². The van der Waals surface area contributed by atoms with Gasteiger partial charge >= 0.3 is 11.9 Å². The summed E-state index contributed by atoms with van der Waals surface area (Å²) < 4.78 is 44.4. The Balaban J connectivity index is 1.02. The van der Waals surface area contributed by atoms with E-state index in [1.807, 2.05) is 91.0 Å². The van der Waals surface area contributed by atoms with Gasteiger partial charge < -0.3 is 43.4 Å². The van der Waals surface area contributed by atoms with Crippen LogP contribution in [0.3, 0.4) is 0 Å². The van der Waals surface area contributed by atoms with Crippen molar-refractivity contribution in [1.82, 2.24) is 0 Å². The molecule has 9 aromatic carbocycles. The van der Waals surface area contributed by atoms with Gasteiger partial charge in [0.1, 0.15) is 83.4 Å². The largest absolute Gasteiger partial charge is 0.507 e. The van der Waals surface area contributed by atoms with Gasteiger partial charge in [-0.25, -0.2) is 9.59 Å². The average molecular weight is 1040 g/mol. The Morgan fingerprint density at radius 1 is 0.474 bits per heavy atom.